The van der Waals surface area contributed by atoms with Gasteiger partial charge in [-0.2, -0.15) is 8.78 Å². The summed E-state index contributed by atoms with van der Waals surface area (Å²) < 4.78 is 48.8. The van der Waals surface area contributed by atoms with Crippen LogP contribution in [0.5, 0.6) is 0 Å². The number of hydrogen-bond acceptors (Lipinski definition) is 3. The van der Waals surface area contributed by atoms with E-state index in [1.165, 1.54) is 18.2 Å². The van der Waals surface area contributed by atoms with Gasteiger partial charge in [0.25, 0.3) is 5.69 Å². The fraction of sp³-hybridized carbons (Fsp3) is 0.455. The summed E-state index contributed by atoms with van der Waals surface area (Å²) >= 11 is 0. The SMILES string of the molecule is O=[N+]([O-])c1ccccc1CCNCC(F)(F)C(F)F. The maximum atomic E-state index is 12.6. The number of hydrogen-bond donors (Lipinski definition) is 1. The van der Waals surface area contributed by atoms with Crippen LogP contribution in [-0.2, 0) is 6.42 Å². The molecule has 1 aromatic carbocycles. The predicted molar refractivity (Wildman–Crippen MR) is 60.6 cm³/mol. The molecule has 0 saturated heterocycles. The van der Waals surface area contributed by atoms with Gasteiger partial charge in [-0.05, 0) is 13.0 Å². The van der Waals surface area contributed by atoms with Crippen LogP contribution in [0.4, 0.5) is 23.2 Å². The summed E-state index contributed by atoms with van der Waals surface area (Å²) in [5, 5.41) is 12.8. The smallest absolute Gasteiger partial charge is 0.311 e. The van der Waals surface area contributed by atoms with Crippen molar-refractivity contribution < 1.29 is 22.5 Å². The molecule has 0 aliphatic rings. The van der Waals surface area contributed by atoms with Gasteiger partial charge in [0.15, 0.2) is 0 Å². The molecule has 19 heavy (non-hydrogen) atoms. The van der Waals surface area contributed by atoms with Crippen molar-refractivity contribution in [1.29, 1.82) is 0 Å². The van der Waals surface area contributed by atoms with E-state index in [0.29, 0.717) is 5.56 Å². The summed E-state index contributed by atoms with van der Waals surface area (Å²) in [7, 11) is 0. The van der Waals surface area contributed by atoms with Crippen LogP contribution in [-0.4, -0.2) is 30.4 Å². The molecule has 1 aromatic rings. The molecule has 0 bridgehead atoms. The van der Waals surface area contributed by atoms with Gasteiger partial charge in [0.05, 0.1) is 11.5 Å². The van der Waals surface area contributed by atoms with Crippen LogP contribution in [0.3, 0.4) is 0 Å². The van der Waals surface area contributed by atoms with E-state index in [4.69, 9.17) is 0 Å². The van der Waals surface area contributed by atoms with Gasteiger partial charge in [-0.1, -0.05) is 18.2 Å². The van der Waals surface area contributed by atoms with Crippen LogP contribution < -0.4 is 5.32 Å². The zero-order valence-corrected chi connectivity index (χ0v) is 9.78. The van der Waals surface area contributed by atoms with E-state index in [1.807, 2.05) is 0 Å². The largest absolute Gasteiger partial charge is 0.319 e. The van der Waals surface area contributed by atoms with Crippen LogP contribution in [0.25, 0.3) is 0 Å². The van der Waals surface area contributed by atoms with E-state index >= 15 is 0 Å². The highest BCUT2D eigenvalue weighted by molar-refractivity contribution is 5.39. The van der Waals surface area contributed by atoms with Crippen LogP contribution in [0.2, 0.25) is 0 Å². The molecule has 8 heteroatoms. The maximum absolute atomic E-state index is 12.6. The van der Waals surface area contributed by atoms with Crippen LogP contribution >= 0.6 is 0 Å². The first-order chi connectivity index (χ1) is 8.84. The second-order valence-electron chi connectivity index (χ2n) is 3.87. The highest BCUT2D eigenvalue weighted by atomic mass is 19.3. The van der Waals surface area contributed by atoms with Crippen LogP contribution in [0.1, 0.15) is 5.56 Å². The van der Waals surface area contributed by atoms with Crippen molar-refractivity contribution in [2.24, 2.45) is 0 Å². The molecule has 4 nitrogen and oxygen atoms in total. The first-order valence-corrected chi connectivity index (χ1v) is 5.43. The van der Waals surface area contributed by atoms with Gasteiger partial charge >= 0.3 is 12.3 Å². The molecule has 0 aromatic heterocycles. The van der Waals surface area contributed by atoms with Gasteiger partial charge in [-0.15, -0.1) is 0 Å². The van der Waals surface area contributed by atoms with E-state index in [9.17, 15) is 27.7 Å². The summed E-state index contributed by atoms with van der Waals surface area (Å²) in [5.74, 6) is -4.09. The van der Waals surface area contributed by atoms with Gasteiger partial charge in [-0.25, -0.2) is 8.78 Å². The molecule has 0 aliphatic heterocycles. The first kappa shape index (κ1) is 15.4. The second-order valence-corrected chi connectivity index (χ2v) is 3.87. The molecule has 1 N–H and O–H groups in total. The number of nitrogens with one attached hydrogen (secondary N) is 1. The number of para-hydroxylation sites is 1. The second kappa shape index (κ2) is 6.46. The van der Waals surface area contributed by atoms with E-state index in [-0.39, 0.29) is 18.7 Å². The Morgan fingerprint density at radius 3 is 2.53 bits per heavy atom. The number of nitro groups is 1. The fourth-order valence-corrected chi connectivity index (χ4v) is 1.46. The monoisotopic (exact) mass is 280 g/mol. The van der Waals surface area contributed by atoms with Crippen LogP contribution in [0, 0.1) is 10.1 Å². The van der Waals surface area contributed by atoms with E-state index in [2.05, 4.69) is 5.32 Å². The van der Waals surface area contributed by atoms with E-state index in [1.54, 1.807) is 6.07 Å². The minimum absolute atomic E-state index is 0.0484. The summed E-state index contributed by atoms with van der Waals surface area (Å²) in [6, 6.07) is 5.85. The number of nitro benzene ring substituents is 1. The lowest BCUT2D eigenvalue weighted by molar-refractivity contribution is -0.385. The third kappa shape index (κ3) is 4.47. The Labute approximate surface area is 106 Å². The Hall–Kier alpha value is -1.70. The average Bonchev–Trinajstić information content (AvgIpc) is 2.34. The normalized spacial score (nSPS) is 11.8. The number of benzene rings is 1. The Balaban J connectivity index is 2.48. The standard InChI is InChI=1S/C11H12F4N2O2/c12-10(13)11(14,15)7-16-6-5-8-3-1-2-4-9(8)17(18)19/h1-4,10,16H,5-7H2. The Bertz CT molecular complexity index is 440. The molecular formula is C11H12F4N2O2. The van der Waals surface area contributed by atoms with Crippen molar-refractivity contribution in [1.82, 2.24) is 5.32 Å². The maximum Gasteiger partial charge on any atom is 0.319 e. The lowest BCUT2D eigenvalue weighted by atomic mass is 10.1. The molecule has 0 saturated carbocycles. The topological polar surface area (TPSA) is 55.2 Å². The van der Waals surface area contributed by atoms with Gasteiger partial charge < -0.3 is 5.32 Å². The third-order valence-electron chi connectivity index (χ3n) is 2.44. The van der Waals surface area contributed by atoms with Crippen molar-refractivity contribution in [3.8, 4) is 0 Å². The van der Waals surface area contributed by atoms with Crippen molar-refractivity contribution in [2.45, 2.75) is 18.8 Å². The number of halogens is 4. The fourth-order valence-electron chi connectivity index (χ4n) is 1.46. The Morgan fingerprint density at radius 2 is 1.95 bits per heavy atom. The molecule has 1 rings (SSSR count). The molecule has 0 atom stereocenters. The highest BCUT2D eigenvalue weighted by Crippen LogP contribution is 2.21. The zero-order valence-electron chi connectivity index (χ0n) is 9.78. The lowest BCUT2D eigenvalue weighted by Gasteiger charge is -2.15. The van der Waals surface area contributed by atoms with Gasteiger partial charge in [-0.3, -0.25) is 10.1 Å². The summed E-state index contributed by atoms with van der Waals surface area (Å²) in [5.41, 5.74) is 0.241. The number of alkyl halides is 4. The van der Waals surface area contributed by atoms with E-state index < -0.39 is 23.8 Å². The van der Waals surface area contributed by atoms with E-state index in [0.717, 1.165) is 0 Å². The predicted octanol–water partition coefficient (Wildman–Crippen LogP) is 2.63. The van der Waals surface area contributed by atoms with Gasteiger partial charge in [0.2, 0.25) is 0 Å². The number of nitrogens with zero attached hydrogens (tertiary/aromatic N) is 1. The zero-order chi connectivity index (χ0) is 14.5. The molecule has 0 heterocycles. The minimum atomic E-state index is -4.09. The molecule has 0 fully saturated rings. The Kier molecular flexibility index (Phi) is 5.22. The Morgan fingerprint density at radius 1 is 1.32 bits per heavy atom. The highest BCUT2D eigenvalue weighted by Gasteiger charge is 2.39. The summed E-state index contributed by atoms with van der Waals surface area (Å²) in [4.78, 5) is 10.1. The van der Waals surface area contributed by atoms with Crippen molar-refractivity contribution in [3.05, 3.63) is 39.9 Å². The lowest BCUT2D eigenvalue weighted by Crippen LogP contribution is -2.39. The molecule has 0 spiro atoms. The number of rotatable bonds is 7. The molecular weight excluding hydrogens is 268 g/mol. The molecule has 0 aliphatic carbocycles. The summed E-state index contributed by atoms with van der Waals surface area (Å²) in [6.45, 7) is -1.21. The third-order valence-corrected chi connectivity index (χ3v) is 2.44. The van der Waals surface area contributed by atoms with Crippen molar-refractivity contribution >= 4 is 5.69 Å². The molecule has 106 valence electrons. The van der Waals surface area contributed by atoms with Crippen molar-refractivity contribution in [3.63, 3.8) is 0 Å². The summed E-state index contributed by atoms with van der Waals surface area (Å²) in [6.07, 6.45) is -3.62. The quantitative estimate of drug-likeness (QED) is 0.361. The minimum Gasteiger partial charge on any atom is -0.311 e. The molecule has 0 unspecified atom stereocenters. The average molecular weight is 280 g/mol. The first-order valence-electron chi connectivity index (χ1n) is 5.43. The molecule has 0 radical (unpaired) electrons. The van der Waals surface area contributed by atoms with Crippen LogP contribution in [0.15, 0.2) is 24.3 Å². The van der Waals surface area contributed by atoms with Gasteiger partial charge in [0, 0.05) is 11.6 Å². The van der Waals surface area contributed by atoms with Gasteiger partial charge in [0.1, 0.15) is 0 Å². The van der Waals surface area contributed by atoms with Crippen molar-refractivity contribution in [2.75, 3.05) is 13.1 Å². The molecule has 0 amide bonds.